The molecule has 0 aliphatic rings. The third kappa shape index (κ3) is 4.18. The number of nitrogens with zero attached hydrogens (tertiary/aromatic N) is 3. The highest BCUT2D eigenvalue weighted by molar-refractivity contribution is 6.07. The van der Waals surface area contributed by atoms with Crippen molar-refractivity contribution in [2.75, 3.05) is 0 Å². The molecule has 3 aromatic rings. The fourth-order valence-electron chi connectivity index (χ4n) is 2.43. The normalized spacial score (nSPS) is 11.2. The number of hydrogen-bond acceptors (Lipinski definition) is 4. The topological polar surface area (TPSA) is 57.0 Å². The second-order valence-corrected chi connectivity index (χ2v) is 5.44. The van der Waals surface area contributed by atoms with Crippen LogP contribution in [0.2, 0.25) is 0 Å². The quantitative estimate of drug-likeness (QED) is 0.496. The number of benzene rings is 1. The molecule has 2 aromatic heterocycles. The lowest BCUT2D eigenvalue weighted by Crippen LogP contribution is -2.02. The van der Waals surface area contributed by atoms with Gasteiger partial charge in [-0.1, -0.05) is 0 Å². The van der Waals surface area contributed by atoms with Gasteiger partial charge < -0.3 is 4.74 Å². The number of aryl methyl sites for hydroxylation is 1. The Morgan fingerprint density at radius 1 is 1.15 bits per heavy atom. The first kappa shape index (κ1) is 17.5. The molecule has 0 amide bonds. The van der Waals surface area contributed by atoms with E-state index in [1.54, 1.807) is 36.4 Å². The molecule has 0 N–H and O–H groups in total. The summed E-state index contributed by atoms with van der Waals surface area (Å²) in [5.41, 5.74) is 2.78. The van der Waals surface area contributed by atoms with E-state index in [0.29, 0.717) is 5.56 Å². The molecule has 0 radical (unpaired) electrons. The maximum Gasteiger partial charge on any atom is 0.387 e. The number of ether oxygens (including phenoxy) is 1. The Kier molecular flexibility index (Phi) is 5.17. The van der Waals surface area contributed by atoms with Gasteiger partial charge in [-0.15, -0.1) is 0 Å². The average molecular weight is 355 g/mol. The first-order valence-corrected chi connectivity index (χ1v) is 7.74. The predicted molar refractivity (Wildman–Crippen MR) is 92.9 cm³/mol. The minimum Gasteiger partial charge on any atom is -0.435 e. The third-order valence-electron chi connectivity index (χ3n) is 3.59. The molecule has 1 aromatic carbocycles. The van der Waals surface area contributed by atoms with Crippen molar-refractivity contribution in [2.24, 2.45) is 7.05 Å². The zero-order valence-electron chi connectivity index (χ0n) is 13.8. The number of ketones is 1. The van der Waals surface area contributed by atoms with Crippen molar-refractivity contribution in [2.45, 2.75) is 6.61 Å². The Bertz CT molecular complexity index is 920. The largest absolute Gasteiger partial charge is 0.435 e. The molecule has 3 rings (SSSR count). The Morgan fingerprint density at radius 2 is 1.85 bits per heavy atom. The number of rotatable bonds is 6. The Morgan fingerprint density at radius 3 is 2.50 bits per heavy atom. The molecule has 0 atom stereocenters. The van der Waals surface area contributed by atoms with Crippen molar-refractivity contribution in [3.63, 3.8) is 0 Å². The van der Waals surface area contributed by atoms with Gasteiger partial charge in [0.1, 0.15) is 5.75 Å². The van der Waals surface area contributed by atoms with Gasteiger partial charge in [-0.3, -0.25) is 14.5 Å². The van der Waals surface area contributed by atoms with Gasteiger partial charge in [-0.25, -0.2) is 0 Å². The fraction of sp³-hybridized carbons (Fsp3) is 0.105. The summed E-state index contributed by atoms with van der Waals surface area (Å²) in [6.45, 7) is -2.89. The lowest BCUT2D eigenvalue weighted by molar-refractivity contribution is -0.0498. The lowest BCUT2D eigenvalue weighted by atomic mass is 10.1. The van der Waals surface area contributed by atoms with E-state index < -0.39 is 6.61 Å². The Balaban J connectivity index is 1.79. The molecule has 7 heteroatoms. The van der Waals surface area contributed by atoms with Crippen LogP contribution >= 0.6 is 0 Å². The number of halogens is 2. The highest BCUT2D eigenvalue weighted by atomic mass is 19.3. The van der Waals surface area contributed by atoms with E-state index in [9.17, 15) is 13.6 Å². The minimum absolute atomic E-state index is 0.00719. The van der Waals surface area contributed by atoms with E-state index in [4.69, 9.17) is 0 Å². The molecule has 0 saturated heterocycles. The molecule has 5 nitrogen and oxygen atoms in total. The van der Waals surface area contributed by atoms with E-state index in [1.165, 1.54) is 30.3 Å². The van der Waals surface area contributed by atoms with Crippen LogP contribution in [-0.2, 0) is 7.05 Å². The molecule has 0 unspecified atom stereocenters. The van der Waals surface area contributed by atoms with E-state index in [0.717, 1.165) is 16.8 Å². The first-order chi connectivity index (χ1) is 12.5. The zero-order valence-corrected chi connectivity index (χ0v) is 13.8. The summed E-state index contributed by atoms with van der Waals surface area (Å²) >= 11 is 0. The van der Waals surface area contributed by atoms with Gasteiger partial charge >= 0.3 is 6.61 Å². The van der Waals surface area contributed by atoms with Crippen LogP contribution in [0.4, 0.5) is 8.78 Å². The number of alkyl halides is 2. The Hall–Kier alpha value is -3.35. The number of pyridine rings is 1. The zero-order chi connectivity index (χ0) is 18.5. The van der Waals surface area contributed by atoms with Crippen LogP contribution in [0, 0.1) is 0 Å². The van der Waals surface area contributed by atoms with Gasteiger partial charge in [-0.2, -0.15) is 13.9 Å². The molecule has 2 heterocycles. The number of hydrogen-bond donors (Lipinski definition) is 0. The summed E-state index contributed by atoms with van der Waals surface area (Å²) in [6, 6.07) is 9.22. The minimum atomic E-state index is -2.89. The average Bonchev–Trinajstić information content (AvgIpc) is 3.01. The van der Waals surface area contributed by atoms with Gasteiger partial charge in [0.25, 0.3) is 0 Å². The van der Waals surface area contributed by atoms with Gasteiger partial charge in [0, 0.05) is 42.3 Å². The van der Waals surface area contributed by atoms with Crippen LogP contribution in [0.25, 0.3) is 17.3 Å². The molecule has 0 fully saturated rings. The van der Waals surface area contributed by atoms with Crippen LogP contribution in [-0.4, -0.2) is 27.2 Å². The highest BCUT2D eigenvalue weighted by Gasteiger charge is 2.09. The second kappa shape index (κ2) is 7.69. The summed E-state index contributed by atoms with van der Waals surface area (Å²) in [5.74, 6) is -0.245. The van der Waals surface area contributed by atoms with Gasteiger partial charge in [0.2, 0.25) is 0 Å². The molecule has 0 aliphatic carbocycles. The van der Waals surface area contributed by atoms with Crippen LogP contribution in [0.1, 0.15) is 15.9 Å². The van der Waals surface area contributed by atoms with Crippen molar-refractivity contribution in [3.05, 3.63) is 72.2 Å². The van der Waals surface area contributed by atoms with Crippen LogP contribution in [0.5, 0.6) is 5.75 Å². The lowest BCUT2D eigenvalue weighted by Gasteiger charge is -2.04. The molecule has 0 aliphatic heterocycles. The standard InChI is InChI=1S/C19H15F2N3O2/c1-24-12-15(18(23-24)14-8-10-22-11-9-14)4-7-17(25)13-2-5-16(6-3-13)26-19(20)21/h2-12,19H,1H3/b7-4+. The molecular weight excluding hydrogens is 340 g/mol. The van der Waals surface area contributed by atoms with Crippen molar-refractivity contribution in [1.29, 1.82) is 0 Å². The van der Waals surface area contributed by atoms with Crippen LogP contribution in [0.15, 0.2) is 61.1 Å². The number of carbonyl (C=O) groups is 1. The molecular formula is C19H15F2N3O2. The van der Waals surface area contributed by atoms with Gasteiger partial charge in [0.15, 0.2) is 5.78 Å². The molecule has 0 saturated carbocycles. The molecule has 132 valence electrons. The smallest absolute Gasteiger partial charge is 0.387 e. The maximum absolute atomic E-state index is 12.3. The van der Waals surface area contributed by atoms with Crippen molar-refractivity contribution in [3.8, 4) is 17.0 Å². The summed E-state index contributed by atoms with van der Waals surface area (Å²) < 4.78 is 30.2. The predicted octanol–water partition coefficient (Wildman–Crippen LogP) is 3.98. The second-order valence-electron chi connectivity index (χ2n) is 5.44. The third-order valence-corrected chi connectivity index (χ3v) is 3.59. The number of allylic oxidation sites excluding steroid dienone is 1. The molecule has 0 bridgehead atoms. The van der Waals surface area contributed by atoms with E-state index in [1.807, 2.05) is 12.1 Å². The monoisotopic (exact) mass is 355 g/mol. The van der Waals surface area contributed by atoms with Gasteiger partial charge in [0.05, 0.1) is 5.69 Å². The summed E-state index contributed by atoms with van der Waals surface area (Å²) in [7, 11) is 1.80. The summed E-state index contributed by atoms with van der Waals surface area (Å²) in [6.07, 6.45) is 8.25. The van der Waals surface area contributed by atoms with Crippen LogP contribution in [0.3, 0.4) is 0 Å². The fourth-order valence-corrected chi connectivity index (χ4v) is 2.43. The SMILES string of the molecule is Cn1cc(/C=C/C(=O)c2ccc(OC(F)F)cc2)c(-c2ccncc2)n1. The van der Waals surface area contributed by atoms with Crippen molar-refractivity contribution >= 4 is 11.9 Å². The first-order valence-electron chi connectivity index (χ1n) is 7.74. The van der Waals surface area contributed by atoms with E-state index >= 15 is 0 Å². The molecule has 0 spiro atoms. The number of carbonyl (C=O) groups excluding carboxylic acids is 1. The Labute approximate surface area is 148 Å². The highest BCUT2D eigenvalue weighted by Crippen LogP contribution is 2.22. The van der Waals surface area contributed by atoms with Crippen molar-refractivity contribution in [1.82, 2.24) is 14.8 Å². The summed E-state index contributed by atoms with van der Waals surface area (Å²) in [5, 5.41) is 4.41. The molecule has 26 heavy (non-hydrogen) atoms. The summed E-state index contributed by atoms with van der Waals surface area (Å²) in [4.78, 5) is 16.3. The maximum atomic E-state index is 12.3. The van der Waals surface area contributed by atoms with Crippen molar-refractivity contribution < 1.29 is 18.3 Å². The number of aromatic nitrogens is 3. The van der Waals surface area contributed by atoms with E-state index in [2.05, 4.69) is 14.8 Å². The van der Waals surface area contributed by atoms with Crippen LogP contribution < -0.4 is 4.74 Å². The van der Waals surface area contributed by atoms with Gasteiger partial charge in [-0.05, 0) is 48.6 Å². The van der Waals surface area contributed by atoms with E-state index in [-0.39, 0.29) is 11.5 Å².